The number of carbonyl (C=O) groups excluding carboxylic acids is 4. The molecule has 1 saturated carbocycles. The van der Waals surface area contributed by atoms with Crippen molar-refractivity contribution in [1.29, 1.82) is 0 Å². The molecular formula is C24H23N3O6. The highest BCUT2D eigenvalue weighted by Gasteiger charge is 2.51. The van der Waals surface area contributed by atoms with E-state index in [9.17, 15) is 29.3 Å². The van der Waals surface area contributed by atoms with Crippen LogP contribution in [0.4, 0.5) is 5.69 Å². The van der Waals surface area contributed by atoms with Gasteiger partial charge in [0.05, 0.1) is 16.8 Å². The predicted molar refractivity (Wildman–Crippen MR) is 117 cm³/mol. The highest BCUT2D eigenvalue weighted by molar-refractivity contribution is 6.09. The third-order valence-corrected chi connectivity index (χ3v) is 6.29. The SMILES string of the molecule is Cc1ccc(C(=O)CN(C(=O)c2ccc([N+](=O)[O-])cc2)N2C(=O)[C@H]3CCCC[C@H]3C2=O)cc1. The summed E-state index contributed by atoms with van der Waals surface area (Å²) in [6.45, 7) is 1.37. The van der Waals surface area contributed by atoms with E-state index < -0.39 is 46.8 Å². The number of nitro benzene ring substituents is 1. The Balaban J connectivity index is 1.68. The Morgan fingerprint density at radius 2 is 1.45 bits per heavy atom. The molecule has 2 aromatic carbocycles. The Hall–Kier alpha value is -3.88. The molecule has 9 heteroatoms. The number of imide groups is 1. The third kappa shape index (κ3) is 4.26. The number of nitro groups is 1. The van der Waals surface area contributed by atoms with Crippen LogP contribution >= 0.6 is 0 Å². The Labute approximate surface area is 190 Å². The summed E-state index contributed by atoms with van der Waals surface area (Å²) in [4.78, 5) is 63.0. The first-order valence-electron chi connectivity index (χ1n) is 10.8. The number of aryl methyl sites for hydroxylation is 1. The Morgan fingerprint density at radius 3 is 1.97 bits per heavy atom. The number of hydrazine groups is 1. The molecule has 4 rings (SSSR count). The van der Waals surface area contributed by atoms with Crippen molar-refractivity contribution in [2.75, 3.05) is 6.54 Å². The molecule has 1 saturated heterocycles. The van der Waals surface area contributed by atoms with Crippen molar-refractivity contribution in [1.82, 2.24) is 10.0 Å². The van der Waals surface area contributed by atoms with Crippen LogP contribution in [-0.4, -0.2) is 45.0 Å². The largest absolute Gasteiger partial charge is 0.292 e. The number of amides is 3. The molecule has 3 amide bonds. The van der Waals surface area contributed by atoms with Gasteiger partial charge in [0, 0.05) is 23.3 Å². The number of fused-ring (bicyclic) bond motifs is 1. The standard InChI is InChI=1S/C24H23N3O6/c1-15-6-8-16(9-7-15)21(28)14-25(22(29)17-10-12-18(13-11-17)27(32)33)26-23(30)19-4-2-3-5-20(19)24(26)31/h6-13,19-20H,2-5,14H2,1H3/t19-,20+. The van der Waals surface area contributed by atoms with E-state index in [0.717, 1.165) is 28.4 Å². The van der Waals surface area contributed by atoms with Crippen molar-refractivity contribution in [2.45, 2.75) is 32.6 Å². The van der Waals surface area contributed by atoms with E-state index in [2.05, 4.69) is 0 Å². The normalized spacial score (nSPS) is 19.8. The first-order valence-corrected chi connectivity index (χ1v) is 10.8. The summed E-state index contributed by atoms with van der Waals surface area (Å²) >= 11 is 0. The maximum absolute atomic E-state index is 13.4. The third-order valence-electron chi connectivity index (χ3n) is 6.29. The lowest BCUT2D eigenvalue weighted by Gasteiger charge is -2.30. The minimum Gasteiger partial charge on any atom is -0.292 e. The van der Waals surface area contributed by atoms with Gasteiger partial charge in [-0.2, -0.15) is 5.01 Å². The van der Waals surface area contributed by atoms with Crippen molar-refractivity contribution in [2.24, 2.45) is 11.8 Å². The molecule has 0 radical (unpaired) electrons. The molecule has 170 valence electrons. The van der Waals surface area contributed by atoms with Gasteiger partial charge in [0.1, 0.15) is 6.54 Å². The molecule has 2 fully saturated rings. The predicted octanol–water partition coefficient (Wildman–Crippen LogP) is 3.32. The number of carbonyl (C=O) groups is 4. The fraction of sp³-hybridized carbons (Fsp3) is 0.333. The molecule has 0 N–H and O–H groups in total. The maximum Gasteiger partial charge on any atom is 0.273 e. The van der Waals surface area contributed by atoms with Gasteiger partial charge >= 0.3 is 0 Å². The quantitative estimate of drug-likeness (QED) is 0.289. The molecule has 2 aliphatic rings. The second-order valence-corrected chi connectivity index (χ2v) is 8.44. The molecule has 2 aromatic rings. The molecule has 33 heavy (non-hydrogen) atoms. The van der Waals surface area contributed by atoms with Crippen molar-refractivity contribution in [3.63, 3.8) is 0 Å². The Morgan fingerprint density at radius 1 is 0.939 bits per heavy atom. The van der Waals surface area contributed by atoms with E-state index in [1.807, 2.05) is 6.92 Å². The number of ketones is 1. The average molecular weight is 449 g/mol. The van der Waals surface area contributed by atoms with Gasteiger partial charge in [-0.25, -0.2) is 5.01 Å². The van der Waals surface area contributed by atoms with Crippen LogP contribution in [0.2, 0.25) is 0 Å². The zero-order chi connectivity index (χ0) is 23.7. The summed E-state index contributed by atoms with van der Waals surface area (Å²) in [5.41, 5.74) is 1.14. The number of non-ortho nitro benzene ring substituents is 1. The number of benzene rings is 2. The van der Waals surface area contributed by atoms with E-state index in [-0.39, 0.29) is 11.3 Å². The molecule has 0 spiro atoms. The summed E-state index contributed by atoms with van der Waals surface area (Å²) in [5, 5.41) is 12.7. The zero-order valence-corrected chi connectivity index (χ0v) is 18.1. The topological polar surface area (TPSA) is 118 Å². The van der Waals surface area contributed by atoms with Gasteiger partial charge in [-0.05, 0) is 31.9 Å². The Kier molecular flexibility index (Phi) is 6.04. The van der Waals surface area contributed by atoms with Gasteiger partial charge < -0.3 is 0 Å². The maximum atomic E-state index is 13.4. The van der Waals surface area contributed by atoms with Gasteiger partial charge in [-0.1, -0.05) is 42.7 Å². The van der Waals surface area contributed by atoms with Gasteiger partial charge in [-0.3, -0.25) is 29.3 Å². The fourth-order valence-electron chi connectivity index (χ4n) is 4.46. The molecule has 1 aliphatic carbocycles. The number of rotatable bonds is 6. The molecule has 0 aromatic heterocycles. The highest BCUT2D eigenvalue weighted by Crippen LogP contribution is 2.39. The number of hydrogen-bond donors (Lipinski definition) is 0. The number of nitrogens with zero attached hydrogens (tertiary/aromatic N) is 3. The number of Topliss-reactive ketones (excluding diaryl/α,β-unsaturated/α-hetero) is 1. The summed E-state index contributed by atoms with van der Waals surface area (Å²) in [5.74, 6) is -3.11. The minimum atomic E-state index is -0.745. The lowest BCUT2D eigenvalue weighted by molar-refractivity contribution is -0.384. The van der Waals surface area contributed by atoms with Crippen LogP contribution in [0.15, 0.2) is 48.5 Å². The lowest BCUT2D eigenvalue weighted by Crippen LogP contribution is -2.52. The van der Waals surface area contributed by atoms with Crippen molar-refractivity contribution in [3.8, 4) is 0 Å². The van der Waals surface area contributed by atoms with Crippen molar-refractivity contribution < 1.29 is 24.1 Å². The molecular weight excluding hydrogens is 426 g/mol. The molecule has 1 aliphatic heterocycles. The van der Waals surface area contributed by atoms with E-state index in [4.69, 9.17) is 0 Å². The summed E-state index contributed by atoms with van der Waals surface area (Å²) < 4.78 is 0. The van der Waals surface area contributed by atoms with E-state index in [1.54, 1.807) is 24.3 Å². The Bertz CT molecular complexity index is 1100. The van der Waals surface area contributed by atoms with Gasteiger partial charge in [0.25, 0.3) is 23.4 Å². The second-order valence-electron chi connectivity index (χ2n) is 8.44. The van der Waals surface area contributed by atoms with Gasteiger partial charge in [0.15, 0.2) is 5.78 Å². The zero-order valence-electron chi connectivity index (χ0n) is 18.1. The average Bonchev–Trinajstić information content (AvgIpc) is 3.07. The lowest BCUT2D eigenvalue weighted by atomic mass is 9.81. The number of hydrogen-bond acceptors (Lipinski definition) is 6. The van der Waals surface area contributed by atoms with Gasteiger partial charge in [0.2, 0.25) is 0 Å². The molecule has 1 heterocycles. The first kappa shape index (κ1) is 22.3. The van der Waals surface area contributed by atoms with Crippen LogP contribution in [0.1, 0.15) is 52.0 Å². The van der Waals surface area contributed by atoms with E-state index >= 15 is 0 Å². The summed E-state index contributed by atoms with van der Waals surface area (Å²) in [6, 6.07) is 11.6. The van der Waals surface area contributed by atoms with Crippen molar-refractivity contribution in [3.05, 3.63) is 75.3 Å². The summed E-state index contributed by atoms with van der Waals surface area (Å²) in [6.07, 6.45) is 2.79. The van der Waals surface area contributed by atoms with Crippen LogP contribution < -0.4 is 0 Å². The smallest absolute Gasteiger partial charge is 0.273 e. The van der Waals surface area contributed by atoms with E-state index in [1.165, 1.54) is 24.3 Å². The molecule has 0 bridgehead atoms. The monoisotopic (exact) mass is 449 g/mol. The fourth-order valence-corrected chi connectivity index (χ4v) is 4.46. The van der Waals surface area contributed by atoms with Crippen LogP contribution in [0.25, 0.3) is 0 Å². The summed E-state index contributed by atoms with van der Waals surface area (Å²) in [7, 11) is 0. The molecule has 0 unspecified atom stereocenters. The molecule has 9 nitrogen and oxygen atoms in total. The highest BCUT2D eigenvalue weighted by atomic mass is 16.6. The van der Waals surface area contributed by atoms with Crippen molar-refractivity contribution >= 4 is 29.2 Å². The second kappa shape index (κ2) is 8.93. The first-order chi connectivity index (χ1) is 15.8. The van der Waals surface area contributed by atoms with Crippen LogP contribution in [0, 0.1) is 28.9 Å². The van der Waals surface area contributed by atoms with Gasteiger partial charge in [-0.15, -0.1) is 0 Å². The van der Waals surface area contributed by atoms with Crippen LogP contribution in [-0.2, 0) is 9.59 Å². The van der Waals surface area contributed by atoms with E-state index in [0.29, 0.717) is 18.4 Å². The minimum absolute atomic E-state index is 0.0350. The molecule has 2 atom stereocenters. The van der Waals surface area contributed by atoms with Crippen LogP contribution in [0.3, 0.4) is 0 Å². The van der Waals surface area contributed by atoms with Crippen LogP contribution in [0.5, 0.6) is 0 Å².